The second-order valence-electron chi connectivity index (χ2n) is 4.97. The third kappa shape index (κ3) is 2.71. The van der Waals surface area contributed by atoms with Crippen LogP contribution in [0.3, 0.4) is 0 Å². The summed E-state index contributed by atoms with van der Waals surface area (Å²) in [5.41, 5.74) is 0. The van der Waals surface area contributed by atoms with Gasteiger partial charge < -0.3 is 10.1 Å². The number of hydrogen-bond acceptors (Lipinski definition) is 2. The van der Waals surface area contributed by atoms with E-state index >= 15 is 0 Å². The zero-order valence-electron chi connectivity index (χ0n) is 9.30. The SMILES string of the molecule is CC(NCC1CCCC1)C1CCOC1. The largest absolute Gasteiger partial charge is 0.381 e. The molecular weight excluding hydrogens is 174 g/mol. The van der Waals surface area contributed by atoms with E-state index in [1.807, 2.05) is 0 Å². The van der Waals surface area contributed by atoms with Crippen molar-refractivity contribution in [3.8, 4) is 0 Å². The fourth-order valence-electron chi connectivity index (χ4n) is 2.68. The molecule has 0 amide bonds. The number of hydrogen-bond donors (Lipinski definition) is 1. The molecule has 82 valence electrons. The molecule has 1 saturated heterocycles. The van der Waals surface area contributed by atoms with Crippen LogP contribution in [-0.4, -0.2) is 25.8 Å². The highest BCUT2D eigenvalue weighted by atomic mass is 16.5. The van der Waals surface area contributed by atoms with Gasteiger partial charge in [0.25, 0.3) is 0 Å². The van der Waals surface area contributed by atoms with Crippen molar-refractivity contribution in [3.63, 3.8) is 0 Å². The Morgan fingerprint density at radius 3 is 2.71 bits per heavy atom. The Balaban J connectivity index is 1.63. The molecule has 0 aromatic rings. The van der Waals surface area contributed by atoms with E-state index in [2.05, 4.69) is 12.2 Å². The zero-order valence-corrected chi connectivity index (χ0v) is 9.30. The molecule has 2 rings (SSSR count). The molecule has 0 spiro atoms. The van der Waals surface area contributed by atoms with E-state index in [0.717, 1.165) is 25.0 Å². The van der Waals surface area contributed by atoms with Crippen LogP contribution in [0.2, 0.25) is 0 Å². The summed E-state index contributed by atoms with van der Waals surface area (Å²) in [6.45, 7) is 5.49. The van der Waals surface area contributed by atoms with Gasteiger partial charge in [0.2, 0.25) is 0 Å². The van der Waals surface area contributed by atoms with Crippen LogP contribution in [-0.2, 0) is 4.74 Å². The highest BCUT2D eigenvalue weighted by molar-refractivity contribution is 4.78. The van der Waals surface area contributed by atoms with Gasteiger partial charge in [0, 0.05) is 12.6 Å². The lowest BCUT2D eigenvalue weighted by Gasteiger charge is -2.21. The summed E-state index contributed by atoms with van der Waals surface area (Å²) in [6, 6.07) is 0.651. The smallest absolute Gasteiger partial charge is 0.0509 e. The summed E-state index contributed by atoms with van der Waals surface area (Å²) in [7, 11) is 0. The molecule has 0 bridgehead atoms. The molecule has 1 N–H and O–H groups in total. The summed E-state index contributed by atoms with van der Waals surface area (Å²) in [5.74, 6) is 1.72. The minimum absolute atomic E-state index is 0.651. The lowest BCUT2D eigenvalue weighted by atomic mass is 9.99. The Kier molecular flexibility index (Phi) is 3.82. The van der Waals surface area contributed by atoms with E-state index in [9.17, 15) is 0 Å². The van der Waals surface area contributed by atoms with Gasteiger partial charge in [-0.05, 0) is 44.6 Å². The standard InChI is InChI=1S/C12H23NO/c1-10(12-6-7-14-9-12)13-8-11-4-2-3-5-11/h10-13H,2-9H2,1H3. The summed E-state index contributed by atoms with van der Waals surface area (Å²) in [4.78, 5) is 0. The third-order valence-corrected chi connectivity index (χ3v) is 3.88. The van der Waals surface area contributed by atoms with Crippen LogP contribution in [0, 0.1) is 11.8 Å². The van der Waals surface area contributed by atoms with Gasteiger partial charge in [-0.25, -0.2) is 0 Å². The maximum atomic E-state index is 5.41. The van der Waals surface area contributed by atoms with Crippen LogP contribution in [0.5, 0.6) is 0 Å². The average Bonchev–Trinajstić information content (AvgIpc) is 2.87. The molecule has 0 aromatic heterocycles. The first-order chi connectivity index (χ1) is 6.86. The van der Waals surface area contributed by atoms with Crippen LogP contribution in [0.1, 0.15) is 39.0 Å². The van der Waals surface area contributed by atoms with Crippen molar-refractivity contribution in [2.45, 2.75) is 45.1 Å². The van der Waals surface area contributed by atoms with E-state index in [-0.39, 0.29) is 0 Å². The predicted molar refractivity (Wildman–Crippen MR) is 58.3 cm³/mol. The molecular formula is C12H23NO. The maximum absolute atomic E-state index is 5.41. The number of rotatable bonds is 4. The fraction of sp³-hybridized carbons (Fsp3) is 1.00. The van der Waals surface area contributed by atoms with Crippen LogP contribution >= 0.6 is 0 Å². The minimum Gasteiger partial charge on any atom is -0.381 e. The number of ether oxygens (including phenoxy) is 1. The van der Waals surface area contributed by atoms with Crippen LogP contribution < -0.4 is 5.32 Å². The molecule has 1 saturated carbocycles. The molecule has 2 aliphatic rings. The van der Waals surface area contributed by atoms with Gasteiger partial charge in [-0.1, -0.05) is 12.8 Å². The molecule has 1 heterocycles. The average molecular weight is 197 g/mol. The van der Waals surface area contributed by atoms with Gasteiger partial charge in [0.05, 0.1) is 6.61 Å². The van der Waals surface area contributed by atoms with E-state index in [1.165, 1.54) is 38.6 Å². The molecule has 2 atom stereocenters. The van der Waals surface area contributed by atoms with Crippen molar-refractivity contribution in [2.75, 3.05) is 19.8 Å². The first-order valence-corrected chi connectivity index (χ1v) is 6.17. The second kappa shape index (κ2) is 5.13. The van der Waals surface area contributed by atoms with Crippen molar-refractivity contribution in [1.29, 1.82) is 0 Å². The quantitative estimate of drug-likeness (QED) is 0.746. The number of nitrogens with one attached hydrogen (secondary N) is 1. The Morgan fingerprint density at radius 1 is 1.29 bits per heavy atom. The Labute approximate surface area is 87.4 Å². The molecule has 2 fully saturated rings. The van der Waals surface area contributed by atoms with Gasteiger partial charge in [-0.3, -0.25) is 0 Å². The Hall–Kier alpha value is -0.0800. The van der Waals surface area contributed by atoms with Crippen molar-refractivity contribution in [2.24, 2.45) is 11.8 Å². The van der Waals surface area contributed by atoms with Crippen molar-refractivity contribution in [1.82, 2.24) is 5.32 Å². The molecule has 2 heteroatoms. The molecule has 1 aliphatic carbocycles. The van der Waals surface area contributed by atoms with Crippen LogP contribution in [0.25, 0.3) is 0 Å². The van der Waals surface area contributed by atoms with Gasteiger partial charge in [-0.2, -0.15) is 0 Å². The van der Waals surface area contributed by atoms with Gasteiger partial charge in [0.1, 0.15) is 0 Å². The Bertz CT molecular complexity index is 160. The topological polar surface area (TPSA) is 21.3 Å². The summed E-state index contributed by atoms with van der Waals surface area (Å²) in [6.07, 6.45) is 7.04. The van der Waals surface area contributed by atoms with E-state index in [4.69, 9.17) is 4.74 Å². The molecule has 2 unspecified atom stereocenters. The maximum Gasteiger partial charge on any atom is 0.0509 e. The fourth-order valence-corrected chi connectivity index (χ4v) is 2.68. The molecule has 2 nitrogen and oxygen atoms in total. The van der Waals surface area contributed by atoms with Crippen molar-refractivity contribution >= 4 is 0 Å². The summed E-state index contributed by atoms with van der Waals surface area (Å²) >= 11 is 0. The van der Waals surface area contributed by atoms with Gasteiger partial charge >= 0.3 is 0 Å². The predicted octanol–water partition coefficient (Wildman–Crippen LogP) is 2.19. The Morgan fingerprint density at radius 2 is 2.07 bits per heavy atom. The van der Waals surface area contributed by atoms with E-state index in [0.29, 0.717) is 6.04 Å². The van der Waals surface area contributed by atoms with Gasteiger partial charge in [-0.15, -0.1) is 0 Å². The highest BCUT2D eigenvalue weighted by Crippen LogP contribution is 2.24. The highest BCUT2D eigenvalue weighted by Gasteiger charge is 2.23. The molecule has 1 aliphatic heterocycles. The summed E-state index contributed by atoms with van der Waals surface area (Å²) < 4.78 is 5.41. The first kappa shape index (κ1) is 10.4. The lowest BCUT2D eigenvalue weighted by Crippen LogP contribution is -2.36. The normalized spacial score (nSPS) is 31.1. The third-order valence-electron chi connectivity index (χ3n) is 3.88. The van der Waals surface area contributed by atoms with E-state index in [1.54, 1.807) is 0 Å². The molecule has 0 radical (unpaired) electrons. The minimum atomic E-state index is 0.651. The zero-order chi connectivity index (χ0) is 9.80. The van der Waals surface area contributed by atoms with Crippen LogP contribution in [0.15, 0.2) is 0 Å². The lowest BCUT2D eigenvalue weighted by molar-refractivity contribution is 0.177. The summed E-state index contributed by atoms with van der Waals surface area (Å²) in [5, 5.41) is 3.69. The monoisotopic (exact) mass is 197 g/mol. The van der Waals surface area contributed by atoms with Gasteiger partial charge in [0.15, 0.2) is 0 Å². The van der Waals surface area contributed by atoms with Crippen molar-refractivity contribution in [3.05, 3.63) is 0 Å². The first-order valence-electron chi connectivity index (χ1n) is 6.17. The van der Waals surface area contributed by atoms with Crippen LogP contribution in [0.4, 0.5) is 0 Å². The van der Waals surface area contributed by atoms with E-state index < -0.39 is 0 Å². The second-order valence-corrected chi connectivity index (χ2v) is 4.97. The molecule has 0 aromatic carbocycles. The molecule has 14 heavy (non-hydrogen) atoms. The van der Waals surface area contributed by atoms with Crippen molar-refractivity contribution < 1.29 is 4.74 Å².